The van der Waals surface area contributed by atoms with E-state index in [2.05, 4.69) is 11.6 Å². The lowest BCUT2D eigenvalue weighted by Gasteiger charge is -2.20. The normalized spacial score (nSPS) is 21.0. The number of rotatable bonds is 6. The van der Waals surface area contributed by atoms with Crippen molar-refractivity contribution in [2.45, 2.75) is 56.6 Å². The molecule has 1 heterocycles. The highest BCUT2D eigenvalue weighted by Gasteiger charge is 2.26. The van der Waals surface area contributed by atoms with Gasteiger partial charge in [-0.15, -0.1) is 0 Å². The Hall–Kier alpha value is -0.910. The molecule has 1 saturated heterocycles. The van der Waals surface area contributed by atoms with Crippen LogP contribution in [-0.2, 0) is 21.2 Å². The molecule has 0 saturated carbocycles. The van der Waals surface area contributed by atoms with E-state index in [-0.39, 0.29) is 12.1 Å². The molecule has 1 aliphatic heterocycles. The molecule has 20 heavy (non-hydrogen) atoms. The van der Waals surface area contributed by atoms with E-state index < -0.39 is 10.0 Å². The second kappa shape index (κ2) is 6.70. The number of sulfonamides is 1. The van der Waals surface area contributed by atoms with Crippen LogP contribution in [0.5, 0.6) is 0 Å². The number of ether oxygens (including phenoxy) is 1. The van der Waals surface area contributed by atoms with Gasteiger partial charge in [0.2, 0.25) is 10.0 Å². The molecule has 2 rings (SSSR count). The highest BCUT2D eigenvalue weighted by molar-refractivity contribution is 7.89. The molecule has 1 fully saturated rings. The highest BCUT2D eigenvalue weighted by Crippen LogP contribution is 2.18. The van der Waals surface area contributed by atoms with Crippen molar-refractivity contribution in [3.63, 3.8) is 0 Å². The lowest BCUT2D eigenvalue weighted by molar-refractivity contribution is 0.0902. The van der Waals surface area contributed by atoms with Crippen LogP contribution in [0, 0.1) is 0 Å². The maximum Gasteiger partial charge on any atom is 0.240 e. The van der Waals surface area contributed by atoms with Crippen molar-refractivity contribution in [3.05, 3.63) is 29.8 Å². The van der Waals surface area contributed by atoms with Gasteiger partial charge in [-0.2, -0.15) is 0 Å². The summed E-state index contributed by atoms with van der Waals surface area (Å²) in [7, 11) is -3.46. The summed E-state index contributed by atoms with van der Waals surface area (Å²) in [6, 6.07) is 6.92. The Morgan fingerprint density at radius 3 is 2.60 bits per heavy atom. The molecule has 2 atom stereocenters. The van der Waals surface area contributed by atoms with Gasteiger partial charge in [-0.05, 0) is 43.9 Å². The van der Waals surface area contributed by atoms with E-state index >= 15 is 0 Å². The average Bonchev–Trinajstić information content (AvgIpc) is 2.93. The molecule has 1 aromatic carbocycles. The largest absolute Gasteiger partial charge is 0.377 e. The molecular formula is C15H23NO3S. The van der Waals surface area contributed by atoms with E-state index in [4.69, 9.17) is 4.74 Å². The third kappa shape index (κ3) is 3.81. The smallest absolute Gasteiger partial charge is 0.240 e. The van der Waals surface area contributed by atoms with Crippen LogP contribution in [0.1, 0.15) is 38.7 Å². The summed E-state index contributed by atoms with van der Waals surface area (Å²) in [6.45, 7) is 4.69. The zero-order chi connectivity index (χ0) is 14.6. The van der Waals surface area contributed by atoms with Crippen molar-refractivity contribution in [3.8, 4) is 0 Å². The van der Waals surface area contributed by atoms with E-state index in [9.17, 15) is 8.42 Å². The maximum absolute atomic E-state index is 12.3. The molecule has 112 valence electrons. The average molecular weight is 297 g/mol. The first-order chi connectivity index (χ1) is 9.53. The van der Waals surface area contributed by atoms with Crippen molar-refractivity contribution >= 4 is 10.0 Å². The van der Waals surface area contributed by atoms with Crippen LogP contribution in [0.2, 0.25) is 0 Å². The summed E-state index contributed by atoms with van der Waals surface area (Å²) in [6.07, 6.45) is 3.94. The molecule has 2 unspecified atom stereocenters. The Morgan fingerprint density at radius 1 is 1.35 bits per heavy atom. The van der Waals surface area contributed by atoms with Crippen LogP contribution in [-0.4, -0.2) is 27.2 Å². The summed E-state index contributed by atoms with van der Waals surface area (Å²) < 4.78 is 32.8. The zero-order valence-electron chi connectivity index (χ0n) is 12.1. The molecule has 1 aliphatic rings. The fraction of sp³-hybridized carbons (Fsp3) is 0.600. The van der Waals surface area contributed by atoms with Gasteiger partial charge in [0.05, 0.1) is 11.0 Å². The summed E-state index contributed by atoms with van der Waals surface area (Å²) >= 11 is 0. The lowest BCUT2D eigenvalue weighted by Crippen LogP contribution is -2.40. The van der Waals surface area contributed by atoms with E-state index in [1.54, 1.807) is 12.1 Å². The molecule has 0 amide bonds. The van der Waals surface area contributed by atoms with Gasteiger partial charge in [-0.1, -0.05) is 25.5 Å². The number of hydrogen-bond acceptors (Lipinski definition) is 3. The summed E-state index contributed by atoms with van der Waals surface area (Å²) in [5, 5.41) is 0. The van der Waals surface area contributed by atoms with E-state index in [1.165, 1.54) is 5.56 Å². The predicted molar refractivity (Wildman–Crippen MR) is 79.2 cm³/mol. The van der Waals surface area contributed by atoms with Gasteiger partial charge in [-0.3, -0.25) is 0 Å². The predicted octanol–water partition coefficient (Wildman–Crippen LogP) is 2.48. The standard InChI is InChI=1S/C15H23NO3S/c1-3-5-13-7-9-14(10-8-13)20(17,18)16-12(2)15-6-4-11-19-15/h7-10,12,15-16H,3-6,11H2,1-2H3. The van der Waals surface area contributed by atoms with Crippen LogP contribution in [0.25, 0.3) is 0 Å². The number of hydrogen-bond donors (Lipinski definition) is 1. The minimum atomic E-state index is -3.46. The van der Waals surface area contributed by atoms with Gasteiger partial charge in [0, 0.05) is 12.6 Å². The first-order valence-electron chi connectivity index (χ1n) is 7.26. The SMILES string of the molecule is CCCc1ccc(S(=O)(=O)NC(C)C2CCCO2)cc1. The number of benzene rings is 1. The molecule has 1 aromatic rings. The third-order valence-electron chi connectivity index (χ3n) is 3.64. The fourth-order valence-corrected chi connectivity index (χ4v) is 3.78. The van der Waals surface area contributed by atoms with Gasteiger partial charge in [0.1, 0.15) is 0 Å². The van der Waals surface area contributed by atoms with Crippen LogP contribution >= 0.6 is 0 Å². The molecule has 4 nitrogen and oxygen atoms in total. The second-order valence-electron chi connectivity index (χ2n) is 5.36. The van der Waals surface area contributed by atoms with Gasteiger partial charge >= 0.3 is 0 Å². The molecule has 0 aliphatic carbocycles. The van der Waals surface area contributed by atoms with E-state index in [1.807, 2.05) is 19.1 Å². The highest BCUT2D eigenvalue weighted by atomic mass is 32.2. The molecular weight excluding hydrogens is 274 g/mol. The second-order valence-corrected chi connectivity index (χ2v) is 7.07. The summed E-state index contributed by atoms with van der Waals surface area (Å²) in [5.41, 5.74) is 1.17. The molecule has 1 N–H and O–H groups in total. The first-order valence-corrected chi connectivity index (χ1v) is 8.74. The summed E-state index contributed by atoms with van der Waals surface area (Å²) in [4.78, 5) is 0.321. The molecule has 0 bridgehead atoms. The van der Waals surface area contributed by atoms with Gasteiger partial charge in [0.15, 0.2) is 0 Å². The lowest BCUT2D eigenvalue weighted by atomic mass is 10.1. The van der Waals surface area contributed by atoms with Crippen molar-refractivity contribution in [1.29, 1.82) is 0 Å². The summed E-state index contributed by atoms with van der Waals surface area (Å²) in [5.74, 6) is 0. The fourth-order valence-electron chi connectivity index (χ4n) is 2.51. The maximum atomic E-state index is 12.3. The number of nitrogens with one attached hydrogen (secondary N) is 1. The van der Waals surface area contributed by atoms with Gasteiger partial charge in [-0.25, -0.2) is 13.1 Å². The van der Waals surface area contributed by atoms with Crippen LogP contribution in [0.15, 0.2) is 29.2 Å². The Balaban J connectivity index is 2.05. The Morgan fingerprint density at radius 2 is 2.05 bits per heavy atom. The van der Waals surface area contributed by atoms with Crippen LogP contribution in [0.4, 0.5) is 0 Å². The van der Waals surface area contributed by atoms with Gasteiger partial charge in [0.25, 0.3) is 0 Å². The minimum absolute atomic E-state index is 0.0101. The molecule has 0 radical (unpaired) electrons. The Bertz CT molecular complexity index is 519. The first kappa shape index (κ1) is 15.5. The van der Waals surface area contributed by atoms with Crippen LogP contribution in [0.3, 0.4) is 0 Å². The van der Waals surface area contributed by atoms with Crippen LogP contribution < -0.4 is 4.72 Å². The third-order valence-corrected chi connectivity index (χ3v) is 5.21. The molecule has 0 aromatic heterocycles. The zero-order valence-corrected chi connectivity index (χ0v) is 12.9. The quantitative estimate of drug-likeness (QED) is 0.877. The topological polar surface area (TPSA) is 55.4 Å². The van der Waals surface area contributed by atoms with Crippen molar-refractivity contribution in [1.82, 2.24) is 4.72 Å². The van der Waals surface area contributed by atoms with Crippen molar-refractivity contribution in [2.75, 3.05) is 6.61 Å². The van der Waals surface area contributed by atoms with E-state index in [0.717, 1.165) is 32.3 Å². The molecule has 5 heteroatoms. The Kier molecular flexibility index (Phi) is 5.18. The van der Waals surface area contributed by atoms with Crippen molar-refractivity contribution < 1.29 is 13.2 Å². The molecule has 0 spiro atoms. The number of aryl methyl sites for hydroxylation is 1. The minimum Gasteiger partial charge on any atom is -0.377 e. The Labute approximate surface area is 121 Å². The van der Waals surface area contributed by atoms with E-state index in [0.29, 0.717) is 4.90 Å². The van der Waals surface area contributed by atoms with Gasteiger partial charge < -0.3 is 4.74 Å². The monoisotopic (exact) mass is 297 g/mol. The van der Waals surface area contributed by atoms with Crippen molar-refractivity contribution in [2.24, 2.45) is 0 Å².